The highest BCUT2D eigenvalue weighted by Crippen LogP contribution is 2.30. The van der Waals surface area contributed by atoms with Crippen molar-refractivity contribution in [3.8, 4) is 5.75 Å². The van der Waals surface area contributed by atoms with Crippen LogP contribution in [0.2, 0.25) is 0 Å². The molecule has 0 radical (unpaired) electrons. The maximum Gasteiger partial charge on any atom is 0.310 e. The van der Waals surface area contributed by atoms with E-state index >= 15 is 0 Å². The van der Waals surface area contributed by atoms with Crippen molar-refractivity contribution in [1.82, 2.24) is 0 Å². The molecule has 0 saturated carbocycles. The van der Waals surface area contributed by atoms with E-state index in [0.29, 0.717) is 11.4 Å². The van der Waals surface area contributed by atoms with Crippen LogP contribution in [0, 0.1) is 10.1 Å². The SMILES string of the molecule is O=C1CN(C(=O)COc2ccccc2[N+](=O)[O-])c2ccccc2N1. The zero-order valence-corrected chi connectivity index (χ0v) is 12.5. The molecule has 0 atom stereocenters. The Morgan fingerprint density at radius 3 is 2.71 bits per heavy atom. The van der Waals surface area contributed by atoms with E-state index in [-0.39, 0.29) is 23.9 Å². The minimum Gasteiger partial charge on any atom is -0.477 e. The van der Waals surface area contributed by atoms with Crippen LogP contribution < -0.4 is 15.0 Å². The Morgan fingerprint density at radius 1 is 1.21 bits per heavy atom. The number of ether oxygens (including phenoxy) is 1. The summed E-state index contributed by atoms with van der Waals surface area (Å²) < 4.78 is 5.30. The molecule has 1 aliphatic heterocycles. The topological polar surface area (TPSA) is 102 Å². The predicted molar refractivity (Wildman–Crippen MR) is 86.0 cm³/mol. The molecule has 0 spiro atoms. The summed E-state index contributed by atoms with van der Waals surface area (Å²) in [5.74, 6) is -0.770. The molecule has 0 aromatic heterocycles. The fourth-order valence-electron chi connectivity index (χ4n) is 2.40. The van der Waals surface area contributed by atoms with Crippen LogP contribution in [0.4, 0.5) is 17.1 Å². The Morgan fingerprint density at radius 2 is 1.92 bits per heavy atom. The van der Waals surface area contributed by atoms with Gasteiger partial charge in [-0.25, -0.2) is 0 Å². The van der Waals surface area contributed by atoms with Gasteiger partial charge in [0.25, 0.3) is 5.91 Å². The number of fused-ring (bicyclic) bond motifs is 1. The number of nitro groups is 1. The predicted octanol–water partition coefficient (Wildman–Crippen LogP) is 1.96. The van der Waals surface area contributed by atoms with E-state index in [4.69, 9.17) is 4.74 Å². The molecule has 122 valence electrons. The molecule has 2 amide bonds. The molecule has 1 heterocycles. The highest BCUT2D eigenvalue weighted by atomic mass is 16.6. The summed E-state index contributed by atoms with van der Waals surface area (Å²) in [6, 6.07) is 12.7. The number of nitro benzene ring substituents is 1. The smallest absolute Gasteiger partial charge is 0.310 e. The van der Waals surface area contributed by atoms with Crippen LogP contribution in [0.15, 0.2) is 48.5 Å². The van der Waals surface area contributed by atoms with Crippen LogP contribution in [0.3, 0.4) is 0 Å². The molecule has 8 heteroatoms. The van der Waals surface area contributed by atoms with Crippen molar-refractivity contribution in [3.63, 3.8) is 0 Å². The first-order valence-electron chi connectivity index (χ1n) is 7.12. The third-order valence-electron chi connectivity index (χ3n) is 3.48. The molecule has 0 bridgehead atoms. The molecule has 0 unspecified atom stereocenters. The number of nitrogens with zero attached hydrogens (tertiary/aromatic N) is 2. The largest absolute Gasteiger partial charge is 0.477 e. The van der Waals surface area contributed by atoms with Gasteiger partial charge >= 0.3 is 5.69 Å². The van der Waals surface area contributed by atoms with Crippen LogP contribution in [0.1, 0.15) is 0 Å². The standard InChI is InChI=1S/C16H13N3O5/c20-15-9-18(12-6-2-1-5-11(12)17-15)16(21)10-24-14-8-4-3-7-13(14)19(22)23/h1-8H,9-10H2,(H,17,20). The zero-order chi connectivity index (χ0) is 17.1. The quantitative estimate of drug-likeness (QED) is 0.683. The van der Waals surface area contributed by atoms with Gasteiger partial charge in [-0.3, -0.25) is 24.6 Å². The number of carbonyl (C=O) groups excluding carboxylic acids is 2. The Kier molecular flexibility index (Phi) is 4.11. The van der Waals surface area contributed by atoms with E-state index in [1.807, 2.05) is 0 Å². The number of carbonyl (C=O) groups is 2. The number of anilines is 2. The summed E-state index contributed by atoms with van der Waals surface area (Å²) >= 11 is 0. The van der Waals surface area contributed by atoms with Crippen molar-refractivity contribution in [3.05, 3.63) is 58.6 Å². The molecule has 0 saturated heterocycles. The molecule has 0 aliphatic carbocycles. The van der Waals surface area contributed by atoms with Gasteiger partial charge in [-0.2, -0.15) is 0 Å². The van der Waals surface area contributed by atoms with Gasteiger partial charge in [-0.15, -0.1) is 0 Å². The van der Waals surface area contributed by atoms with E-state index < -0.39 is 17.4 Å². The molecule has 3 rings (SSSR count). The van der Waals surface area contributed by atoms with Crippen molar-refractivity contribution in [2.45, 2.75) is 0 Å². The van der Waals surface area contributed by atoms with Crippen molar-refractivity contribution in [2.75, 3.05) is 23.4 Å². The maximum absolute atomic E-state index is 12.4. The molecular formula is C16H13N3O5. The normalized spacial score (nSPS) is 13.0. The minimum absolute atomic E-state index is 0.00518. The number of amides is 2. The van der Waals surface area contributed by atoms with E-state index in [0.717, 1.165) is 0 Å². The first-order chi connectivity index (χ1) is 11.6. The Hall–Kier alpha value is -3.42. The lowest BCUT2D eigenvalue weighted by Gasteiger charge is -2.29. The number of nitrogens with one attached hydrogen (secondary N) is 1. The van der Waals surface area contributed by atoms with Gasteiger partial charge in [-0.05, 0) is 18.2 Å². The summed E-state index contributed by atoms with van der Waals surface area (Å²) in [6.45, 7) is -0.539. The van der Waals surface area contributed by atoms with E-state index in [1.165, 1.54) is 23.1 Å². The molecule has 0 fully saturated rings. The lowest BCUT2D eigenvalue weighted by molar-refractivity contribution is -0.385. The summed E-state index contributed by atoms with van der Waals surface area (Å²) in [5.41, 5.74) is 0.878. The average molecular weight is 327 g/mol. The molecule has 8 nitrogen and oxygen atoms in total. The van der Waals surface area contributed by atoms with E-state index in [1.54, 1.807) is 30.3 Å². The van der Waals surface area contributed by atoms with Gasteiger partial charge in [0.05, 0.1) is 16.3 Å². The van der Waals surface area contributed by atoms with Gasteiger partial charge in [0, 0.05) is 6.07 Å². The molecule has 1 aliphatic rings. The molecule has 2 aromatic rings. The van der Waals surface area contributed by atoms with Crippen molar-refractivity contribution in [2.24, 2.45) is 0 Å². The molecule has 2 aromatic carbocycles. The second kappa shape index (κ2) is 6.37. The van der Waals surface area contributed by atoms with Crippen LogP contribution in [-0.2, 0) is 9.59 Å². The lowest BCUT2D eigenvalue weighted by atomic mass is 10.2. The van der Waals surface area contributed by atoms with Gasteiger partial charge in [0.15, 0.2) is 12.4 Å². The number of hydrogen-bond donors (Lipinski definition) is 1. The van der Waals surface area contributed by atoms with Gasteiger partial charge < -0.3 is 10.1 Å². The second-order valence-corrected chi connectivity index (χ2v) is 5.06. The highest BCUT2D eigenvalue weighted by Gasteiger charge is 2.27. The van der Waals surface area contributed by atoms with E-state index in [2.05, 4.69) is 5.32 Å². The first-order valence-corrected chi connectivity index (χ1v) is 7.12. The molecule has 1 N–H and O–H groups in total. The second-order valence-electron chi connectivity index (χ2n) is 5.06. The number of rotatable bonds is 4. The van der Waals surface area contributed by atoms with Crippen molar-refractivity contribution in [1.29, 1.82) is 0 Å². The Balaban J connectivity index is 1.77. The van der Waals surface area contributed by atoms with Crippen LogP contribution in [0.25, 0.3) is 0 Å². The average Bonchev–Trinajstić information content (AvgIpc) is 2.59. The minimum atomic E-state index is -0.580. The van der Waals surface area contributed by atoms with Gasteiger partial charge in [0.2, 0.25) is 5.91 Å². The molecular weight excluding hydrogens is 314 g/mol. The fourth-order valence-corrected chi connectivity index (χ4v) is 2.40. The number of para-hydroxylation sites is 4. The summed E-state index contributed by atoms with van der Waals surface area (Å²) in [6.07, 6.45) is 0. The van der Waals surface area contributed by atoms with Gasteiger partial charge in [0.1, 0.15) is 6.54 Å². The van der Waals surface area contributed by atoms with Crippen LogP contribution >= 0.6 is 0 Å². The Labute approximate surface area is 136 Å². The fraction of sp³-hybridized carbons (Fsp3) is 0.125. The number of hydrogen-bond acceptors (Lipinski definition) is 5. The Bertz CT molecular complexity index is 821. The highest BCUT2D eigenvalue weighted by molar-refractivity contribution is 6.10. The molecule has 24 heavy (non-hydrogen) atoms. The monoisotopic (exact) mass is 327 g/mol. The lowest BCUT2D eigenvalue weighted by Crippen LogP contribution is -2.44. The van der Waals surface area contributed by atoms with Gasteiger partial charge in [-0.1, -0.05) is 24.3 Å². The maximum atomic E-state index is 12.4. The summed E-state index contributed by atoms with van der Waals surface area (Å²) in [4.78, 5) is 35.8. The number of benzene rings is 2. The first kappa shape index (κ1) is 15.5. The van der Waals surface area contributed by atoms with Crippen molar-refractivity contribution < 1.29 is 19.2 Å². The summed E-state index contributed by atoms with van der Waals surface area (Å²) in [7, 11) is 0. The third kappa shape index (κ3) is 3.02. The van der Waals surface area contributed by atoms with Crippen LogP contribution in [0.5, 0.6) is 5.75 Å². The third-order valence-corrected chi connectivity index (χ3v) is 3.48. The van der Waals surface area contributed by atoms with Crippen molar-refractivity contribution >= 4 is 28.9 Å². The zero-order valence-electron chi connectivity index (χ0n) is 12.5. The summed E-state index contributed by atoms with van der Waals surface area (Å²) in [5, 5.41) is 13.6. The van der Waals surface area contributed by atoms with E-state index in [9.17, 15) is 19.7 Å². The van der Waals surface area contributed by atoms with Crippen LogP contribution in [-0.4, -0.2) is 29.9 Å².